The quantitative estimate of drug-likeness (QED) is 0.774. The van der Waals surface area contributed by atoms with Gasteiger partial charge in [0.05, 0.1) is 13.2 Å². The van der Waals surface area contributed by atoms with E-state index in [0.717, 1.165) is 31.8 Å². The second-order valence-corrected chi connectivity index (χ2v) is 6.20. The molecule has 0 aromatic heterocycles. The Morgan fingerprint density at radius 2 is 1.89 bits per heavy atom. The average molecular weight is 253 g/mol. The Balaban J connectivity index is 1.89. The highest BCUT2D eigenvalue weighted by Crippen LogP contribution is 2.41. The van der Waals surface area contributed by atoms with Gasteiger partial charge >= 0.3 is 0 Å². The number of carbonyl (C=O) groups is 1. The van der Waals surface area contributed by atoms with Gasteiger partial charge in [-0.05, 0) is 31.6 Å². The smallest absolute Gasteiger partial charge is 0.228 e. The number of rotatable bonds is 3. The van der Waals surface area contributed by atoms with Crippen LogP contribution in [0.4, 0.5) is 0 Å². The molecule has 1 aliphatic carbocycles. The number of carbonyl (C=O) groups excluding carboxylic acids is 1. The predicted octanol–water partition coefficient (Wildman–Crippen LogP) is 2.84. The van der Waals surface area contributed by atoms with Crippen LogP contribution in [-0.2, 0) is 9.53 Å². The first-order valence-corrected chi connectivity index (χ1v) is 7.53. The summed E-state index contributed by atoms with van der Waals surface area (Å²) in [4.78, 5) is 14.6. The monoisotopic (exact) mass is 253 g/mol. The Morgan fingerprint density at radius 1 is 1.28 bits per heavy atom. The second kappa shape index (κ2) is 6.05. The molecule has 0 unspecified atom stereocenters. The van der Waals surface area contributed by atoms with Crippen LogP contribution in [0.25, 0.3) is 0 Å². The van der Waals surface area contributed by atoms with Crippen LogP contribution >= 0.6 is 0 Å². The van der Waals surface area contributed by atoms with Crippen LogP contribution in [0, 0.1) is 11.3 Å². The second-order valence-electron chi connectivity index (χ2n) is 6.20. The Bertz CT molecular complexity index is 276. The Labute approximate surface area is 111 Å². The van der Waals surface area contributed by atoms with Gasteiger partial charge < -0.3 is 9.64 Å². The lowest BCUT2D eigenvalue weighted by atomic mass is 9.70. The van der Waals surface area contributed by atoms with E-state index in [9.17, 15) is 4.79 Å². The molecule has 2 rings (SSSR count). The average Bonchev–Trinajstić information content (AvgIpc) is 2.42. The van der Waals surface area contributed by atoms with Crippen molar-refractivity contribution < 1.29 is 9.53 Å². The van der Waals surface area contributed by atoms with Crippen LogP contribution in [-0.4, -0.2) is 37.1 Å². The van der Waals surface area contributed by atoms with Gasteiger partial charge in [-0.3, -0.25) is 4.79 Å². The summed E-state index contributed by atoms with van der Waals surface area (Å²) in [5.74, 6) is 1.24. The summed E-state index contributed by atoms with van der Waals surface area (Å²) in [5.41, 5.74) is -0.0957. The van der Waals surface area contributed by atoms with Crippen molar-refractivity contribution >= 4 is 5.91 Å². The van der Waals surface area contributed by atoms with Crippen molar-refractivity contribution in [1.82, 2.24) is 4.90 Å². The van der Waals surface area contributed by atoms with E-state index >= 15 is 0 Å². The van der Waals surface area contributed by atoms with Gasteiger partial charge in [0.15, 0.2) is 0 Å². The van der Waals surface area contributed by atoms with E-state index in [1.165, 1.54) is 25.7 Å². The summed E-state index contributed by atoms with van der Waals surface area (Å²) in [6.07, 6.45) is 7.24. The van der Waals surface area contributed by atoms with E-state index in [0.29, 0.717) is 19.1 Å². The van der Waals surface area contributed by atoms with Crippen molar-refractivity contribution in [3.63, 3.8) is 0 Å². The molecule has 1 amide bonds. The third-order valence-corrected chi connectivity index (χ3v) is 4.72. The molecule has 1 aliphatic heterocycles. The van der Waals surface area contributed by atoms with Gasteiger partial charge in [-0.1, -0.05) is 26.7 Å². The van der Waals surface area contributed by atoms with E-state index < -0.39 is 0 Å². The Kier molecular flexibility index (Phi) is 4.66. The lowest BCUT2D eigenvalue weighted by Crippen LogP contribution is -2.48. The molecule has 0 bridgehead atoms. The SMILES string of the molecule is CCCC1CCC(C)(C(=O)N2CCOCC2)CC1. The van der Waals surface area contributed by atoms with E-state index in [1.807, 2.05) is 4.90 Å². The molecule has 104 valence electrons. The van der Waals surface area contributed by atoms with Gasteiger partial charge in [0.2, 0.25) is 5.91 Å². The number of ether oxygens (including phenoxy) is 1. The molecule has 0 N–H and O–H groups in total. The summed E-state index contributed by atoms with van der Waals surface area (Å²) in [7, 11) is 0. The molecule has 3 heteroatoms. The van der Waals surface area contributed by atoms with Crippen LogP contribution in [0.1, 0.15) is 52.4 Å². The highest BCUT2D eigenvalue weighted by atomic mass is 16.5. The zero-order chi connectivity index (χ0) is 13.0. The van der Waals surface area contributed by atoms with Crippen molar-refractivity contribution in [2.75, 3.05) is 26.3 Å². The van der Waals surface area contributed by atoms with Crippen LogP contribution in [0.2, 0.25) is 0 Å². The largest absolute Gasteiger partial charge is 0.378 e. The van der Waals surface area contributed by atoms with Crippen LogP contribution in [0.5, 0.6) is 0 Å². The van der Waals surface area contributed by atoms with Crippen molar-refractivity contribution in [3.8, 4) is 0 Å². The maximum absolute atomic E-state index is 12.6. The third-order valence-electron chi connectivity index (χ3n) is 4.72. The molecule has 1 heterocycles. The molecule has 1 saturated carbocycles. The zero-order valence-electron chi connectivity index (χ0n) is 11.9. The highest BCUT2D eigenvalue weighted by molar-refractivity contribution is 5.82. The lowest BCUT2D eigenvalue weighted by molar-refractivity contribution is -0.147. The summed E-state index contributed by atoms with van der Waals surface area (Å²) < 4.78 is 5.33. The molecule has 0 aromatic carbocycles. The molecular formula is C15H27NO2. The van der Waals surface area contributed by atoms with Gasteiger partial charge in [0.25, 0.3) is 0 Å². The van der Waals surface area contributed by atoms with E-state index in [1.54, 1.807) is 0 Å². The fraction of sp³-hybridized carbons (Fsp3) is 0.933. The molecule has 0 atom stereocenters. The van der Waals surface area contributed by atoms with Gasteiger partial charge in [0.1, 0.15) is 0 Å². The fourth-order valence-corrected chi connectivity index (χ4v) is 3.37. The molecule has 0 radical (unpaired) electrons. The normalized spacial score (nSPS) is 33.4. The van der Waals surface area contributed by atoms with Crippen molar-refractivity contribution in [3.05, 3.63) is 0 Å². The molecule has 0 aromatic rings. The van der Waals surface area contributed by atoms with Crippen LogP contribution in [0.15, 0.2) is 0 Å². The minimum Gasteiger partial charge on any atom is -0.378 e. The van der Waals surface area contributed by atoms with Crippen molar-refractivity contribution in [1.29, 1.82) is 0 Å². The highest BCUT2D eigenvalue weighted by Gasteiger charge is 2.39. The fourth-order valence-electron chi connectivity index (χ4n) is 3.37. The number of nitrogens with zero attached hydrogens (tertiary/aromatic N) is 1. The molecular weight excluding hydrogens is 226 g/mol. The van der Waals surface area contributed by atoms with E-state index in [2.05, 4.69) is 13.8 Å². The zero-order valence-corrected chi connectivity index (χ0v) is 11.9. The van der Waals surface area contributed by atoms with Crippen LogP contribution in [0.3, 0.4) is 0 Å². The summed E-state index contributed by atoms with van der Waals surface area (Å²) >= 11 is 0. The first-order chi connectivity index (χ1) is 8.65. The maximum atomic E-state index is 12.6. The Hall–Kier alpha value is -0.570. The molecule has 18 heavy (non-hydrogen) atoms. The van der Waals surface area contributed by atoms with E-state index in [-0.39, 0.29) is 5.41 Å². The minimum absolute atomic E-state index is 0.0957. The van der Waals surface area contributed by atoms with Crippen molar-refractivity contribution in [2.24, 2.45) is 11.3 Å². The first kappa shape index (κ1) is 13.9. The van der Waals surface area contributed by atoms with Crippen LogP contribution < -0.4 is 0 Å². The molecule has 2 fully saturated rings. The summed E-state index contributed by atoms with van der Waals surface area (Å²) in [6, 6.07) is 0. The number of hydrogen-bond donors (Lipinski definition) is 0. The molecule has 2 aliphatic rings. The third kappa shape index (κ3) is 3.05. The van der Waals surface area contributed by atoms with Gasteiger partial charge in [0, 0.05) is 18.5 Å². The summed E-state index contributed by atoms with van der Waals surface area (Å²) in [5, 5.41) is 0. The number of amides is 1. The standard InChI is InChI=1S/C15H27NO2/c1-3-4-13-5-7-15(2,8-6-13)14(17)16-9-11-18-12-10-16/h13H,3-12H2,1-2H3. The number of hydrogen-bond acceptors (Lipinski definition) is 2. The first-order valence-electron chi connectivity index (χ1n) is 7.53. The topological polar surface area (TPSA) is 29.5 Å². The maximum Gasteiger partial charge on any atom is 0.228 e. The minimum atomic E-state index is -0.0957. The van der Waals surface area contributed by atoms with Crippen molar-refractivity contribution in [2.45, 2.75) is 52.4 Å². The molecule has 0 spiro atoms. The Morgan fingerprint density at radius 3 is 2.44 bits per heavy atom. The van der Waals surface area contributed by atoms with Gasteiger partial charge in [-0.15, -0.1) is 0 Å². The lowest BCUT2D eigenvalue weighted by Gasteiger charge is -2.40. The number of morpholine rings is 1. The van der Waals surface area contributed by atoms with E-state index in [4.69, 9.17) is 4.74 Å². The molecule has 1 saturated heterocycles. The predicted molar refractivity (Wildman–Crippen MR) is 72.4 cm³/mol. The van der Waals surface area contributed by atoms with Gasteiger partial charge in [-0.25, -0.2) is 0 Å². The van der Waals surface area contributed by atoms with Gasteiger partial charge in [-0.2, -0.15) is 0 Å². The molecule has 3 nitrogen and oxygen atoms in total. The summed E-state index contributed by atoms with van der Waals surface area (Å²) in [6.45, 7) is 7.42.